The molecule has 5 heteroatoms. The predicted molar refractivity (Wildman–Crippen MR) is 56.4 cm³/mol. The number of nitrogens with zero attached hydrogens (tertiary/aromatic N) is 1. The molecule has 0 aromatic heterocycles. The topological polar surface area (TPSA) is 67.6 Å². The van der Waals surface area contributed by atoms with Gasteiger partial charge in [-0.2, -0.15) is 0 Å². The fourth-order valence-electron chi connectivity index (χ4n) is 2.32. The zero-order valence-corrected chi connectivity index (χ0v) is 9.27. The standard InChI is InChI=1S/C10H19N3O2/c1-3-13(2)10(14)12-8-7(11)6-4-5-15-9(6)8/h6-9H,3-5,11H2,1-2H3,(H,12,14). The number of carbonyl (C=O) groups excluding carboxylic acids is 1. The number of rotatable bonds is 2. The van der Waals surface area contributed by atoms with E-state index in [1.807, 2.05) is 6.92 Å². The molecule has 15 heavy (non-hydrogen) atoms. The average molecular weight is 213 g/mol. The van der Waals surface area contributed by atoms with Crippen molar-refractivity contribution in [2.45, 2.75) is 31.5 Å². The first kappa shape index (κ1) is 10.7. The van der Waals surface area contributed by atoms with E-state index in [9.17, 15) is 4.79 Å². The summed E-state index contributed by atoms with van der Waals surface area (Å²) in [7, 11) is 1.77. The summed E-state index contributed by atoms with van der Waals surface area (Å²) in [5.41, 5.74) is 5.98. The Morgan fingerprint density at radius 2 is 2.40 bits per heavy atom. The molecule has 4 atom stereocenters. The fourth-order valence-corrected chi connectivity index (χ4v) is 2.32. The molecule has 1 saturated heterocycles. The maximum Gasteiger partial charge on any atom is 0.317 e. The molecule has 1 heterocycles. The van der Waals surface area contributed by atoms with Gasteiger partial charge in [-0.1, -0.05) is 0 Å². The first-order chi connectivity index (χ1) is 7.15. The second-order valence-corrected chi connectivity index (χ2v) is 4.35. The minimum atomic E-state index is -0.0631. The third-order valence-corrected chi connectivity index (χ3v) is 3.56. The van der Waals surface area contributed by atoms with E-state index in [2.05, 4.69) is 5.32 Å². The van der Waals surface area contributed by atoms with Crippen LogP contribution in [0.2, 0.25) is 0 Å². The lowest BCUT2D eigenvalue weighted by Crippen LogP contribution is -2.69. The number of urea groups is 1. The molecule has 0 radical (unpaired) electrons. The van der Waals surface area contributed by atoms with Crippen LogP contribution in [-0.2, 0) is 4.74 Å². The SMILES string of the molecule is CCN(C)C(=O)NC1C(N)C2CCOC21. The molecule has 2 aliphatic rings. The van der Waals surface area contributed by atoms with E-state index in [4.69, 9.17) is 10.5 Å². The summed E-state index contributed by atoms with van der Waals surface area (Å²) in [6.45, 7) is 3.41. The molecule has 2 rings (SSSR count). The van der Waals surface area contributed by atoms with E-state index < -0.39 is 0 Å². The van der Waals surface area contributed by atoms with Crippen LogP contribution < -0.4 is 11.1 Å². The number of hydrogen-bond acceptors (Lipinski definition) is 3. The molecule has 1 aliphatic heterocycles. The fraction of sp³-hybridized carbons (Fsp3) is 0.900. The molecular formula is C10H19N3O2. The van der Waals surface area contributed by atoms with E-state index in [1.54, 1.807) is 11.9 Å². The van der Waals surface area contributed by atoms with Crippen LogP contribution >= 0.6 is 0 Å². The molecule has 1 saturated carbocycles. The van der Waals surface area contributed by atoms with Crippen molar-refractivity contribution in [2.75, 3.05) is 20.2 Å². The van der Waals surface area contributed by atoms with Crippen LogP contribution in [-0.4, -0.2) is 49.3 Å². The lowest BCUT2D eigenvalue weighted by atomic mass is 9.72. The molecule has 0 aromatic rings. The van der Waals surface area contributed by atoms with Gasteiger partial charge < -0.3 is 20.7 Å². The summed E-state index contributed by atoms with van der Waals surface area (Å²) < 4.78 is 5.54. The maximum atomic E-state index is 11.6. The lowest BCUT2D eigenvalue weighted by molar-refractivity contribution is -0.0148. The van der Waals surface area contributed by atoms with E-state index in [0.717, 1.165) is 13.0 Å². The molecule has 0 spiro atoms. The van der Waals surface area contributed by atoms with Gasteiger partial charge in [0.1, 0.15) is 0 Å². The Bertz CT molecular complexity index is 259. The molecule has 5 nitrogen and oxygen atoms in total. The number of amides is 2. The Morgan fingerprint density at radius 1 is 1.67 bits per heavy atom. The van der Waals surface area contributed by atoms with E-state index >= 15 is 0 Å². The first-order valence-corrected chi connectivity index (χ1v) is 5.54. The predicted octanol–water partition coefficient (Wildman–Crippen LogP) is -0.238. The Morgan fingerprint density at radius 3 is 3.07 bits per heavy atom. The summed E-state index contributed by atoms with van der Waals surface area (Å²) in [6.07, 6.45) is 1.18. The van der Waals surface area contributed by atoms with Gasteiger partial charge in [0, 0.05) is 32.2 Å². The highest BCUT2D eigenvalue weighted by Crippen LogP contribution is 2.37. The van der Waals surface area contributed by atoms with Gasteiger partial charge in [-0.05, 0) is 13.3 Å². The highest BCUT2D eigenvalue weighted by Gasteiger charge is 2.52. The van der Waals surface area contributed by atoms with Gasteiger partial charge in [-0.15, -0.1) is 0 Å². The van der Waals surface area contributed by atoms with E-state index in [0.29, 0.717) is 12.5 Å². The minimum Gasteiger partial charge on any atom is -0.376 e. The number of nitrogens with one attached hydrogen (secondary N) is 1. The third kappa shape index (κ3) is 1.70. The van der Waals surface area contributed by atoms with Crippen molar-refractivity contribution in [3.05, 3.63) is 0 Å². The lowest BCUT2D eigenvalue weighted by Gasteiger charge is -2.45. The Labute approximate surface area is 89.9 Å². The van der Waals surface area contributed by atoms with Gasteiger partial charge in [0.25, 0.3) is 0 Å². The smallest absolute Gasteiger partial charge is 0.317 e. The largest absolute Gasteiger partial charge is 0.376 e. The molecule has 4 unspecified atom stereocenters. The van der Waals surface area contributed by atoms with Crippen molar-refractivity contribution in [3.63, 3.8) is 0 Å². The number of carbonyl (C=O) groups is 1. The molecule has 1 aliphatic carbocycles. The molecule has 86 valence electrons. The summed E-state index contributed by atoms with van der Waals surface area (Å²) in [4.78, 5) is 13.2. The molecular weight excluding hydrogens is 194 g/mol. The van der Waals surface area contributed by atoms with Crippen molar-refractivity contribution < 1.29 is 9.53 Å². The molecule has 2 amide bonds. The van der Waals surface area contributed by atoms with Gasteiger partial charge in [0.15, 0.2) is 0 Å². The van der Waals surface area contributed by atoms with Crippen LogP contribution in [0, 0.1) is 5.92 Å². The highest BCUT2D eigenvalue weighted by atomic mass is 16.5. The summed E-state index contributed by atoms with van der Waals surface area (Å²) in [5.74, 6) is 0.447. The first-order valence-electron chi connectivity index (χ1n) is 5.54. The highest BCUT2D eigenvalue weighted by molar-refractivity contribution is 5.74. The molecule has 3 N–H and O–H groups in total. The number of hydrogen-bond donors (Lipinski definition) is 2. The Balaban J connectivity index is 1.88. The zero-order chi connectivity index (χ0) is 11.0. The van der Waals surface area contributed by atoms with Crippen molar-refractivity contribution in [3.8, 4) is 0 Å². The second kappa shape index (κ2) is 3.98. The van der Waals surface area contributed by atoms with Crippen molar-refractivity contribution in [1.29, 1.82) is 0 Å². The third-order valence-electron chi connectivity index (χ3n) is 3.56. The van der Waals surface area contributed by atoms with Gasteiger partial charge in [0.05, 0.1) is 12.1 Å². The van der Waals surface area contributed by atoms with Crippen LogP contribution in [0.5, 0.6) is 0 Å². The maximum absolute atomic E-state index is 11.6. The van der Waals surface area contributed by atoms with Gasteiger partial charge in [0.2, 0.25) is 0 Å². The number of ether oxygens (including phenoxy) is 1. The van der Waals surface area contributed by atoms with Crippen LogP contribution in [0.25, 0.3) is 0 Å². The summed E-state index contributed by atoms with van der Waals surface area (Å²) >= 11 is 0. The van der Waals surface area contributed by atoms with Crippen LogP contribution in [0.3, 0.4) is 0 Å². The zero-order valence-electron chi connectivity index (χ0n) is 9.27. The quantitative estimate of drug-likeness (QED) is 0.665. The van der Waals surface area contributed by atoms with Gasteiger partial charge in [-0.3, -0.25) is 0 Å². The van der Waals surface area contributed by atoms with Crippen molar-refractivity contribution >= 4 is 6.03 Å². The van der Waals surface area contributed by atoms with Crippen LogP contribution in [0.1, 0.15) is 13.3 Å². The average Bonchev–Trinajstić information content (AvgIpc) is 2.68. The Hall–Kier alpha value is -0.810. The van der Waals surface area contributed by atoms with Crippen molar-refractivity contribution in [2.24, 2.45) is 11.7 Å². The summed E-state index contributed by atoms with van der Waals surface area (Å²) in [6, 6.07) is -0.00222. The number of fused-ring (bicyclic) bond motifs is 1. The molecule has 0 bridgehead atoms. The normalized spacial score (nSPS) is 38.1. The monoisotopic (exact) mass is 213 g/mol. The number of nitrogens with two attached hydrogens (primary N) is 1. The van der Waals surface area contributed by atoms with Gasteiger partial charge in [-0.25, -0.2) is 4.79 Å². The Kier molecular flexibility index (Phi) is 2.84. The van der Waals surface area contributed by atoms with Gasteiger partial charge >= 0.3 is 6.03 Å². The van der Waals surface area contributed by atoms with Crippen LogP contribution in [0.15, 0.2) is 0 Å². The second-order valence-electron chi connectivity index (χ2n) is 4.35. The van der Waals surface area contributed by atoms with Crippen LogP contribution in [0.4, 0.5) is 4.79 Å². The van der Waals surface area contributed by atoms with E-state index in [-0.39, 0.29) is 24.2 Å². The van der Waals surface area contributed by atoms with E-state index in [1.165, 1.54) is 0 Å². The molecule has 2 fully saturated rings. The summed E-state index contributed by atoms with van der Waals surface area (Å²) in [5, 5.41) is 2.93. The van der Waals surface area contributed by atoms with Crippen molar-refractivity contribution in [1.82, 2.24) is 10.2 Å². The molecule has 0 aromatic carbocycles. The minimum absolute atomic E-state index is 0.000926.